The quantitative estimate of drug-likeness (QED) is 0.724. The summed E-state index contributed by atoms with van der Waals surface area (Å²) in [5, 5.41) is 8.93. The highest BCUT2D eigenvalue weighted by molar-refractivity contribution is 5.70. The number of nitrogens with zero attached hydrogens (tertiary/aromatic N) is 1. The molecule has 1 N–H and O–H groups in total. The van der Waals surface area contributed by atoms with Crippen LogP contribution < -0.4 is 0 Å². The van der Waals surface area contributed by atoms with Gasteiger partial charge in [0.05, 0.1) is 5.92 Å². The van der Waals surface area contributed by atoms with E-state index in [0.29, 0.717) is 6.04 Å². The van der Waals surface area contributed by atoms with Gasteiger partial charge in [-0.3, -0.25) is 9.69 Å². The average Bonchev–Trinajstić information content (AvgIpc) is 2.20. The molecule has 0 aromatic carbocycles. The molecule has 1 rings (SSSR count). The summed E-state index contributed by atoms with van der Waals surface area (Å²) < 4.78 is 0. The molecule has 1 heterocycles. The van der Waals surface area contributed by atoms with E-state index >= 15 is 0 Å². The maximum atomic E-state index is 10.8. The van der Waals surface area contributed by atoms with Crippen LogP contribution in [0.1, 0.15) is 33.1 Å². The molecule has 0 amide bonds. The summed E-state index contributed by atoms with van der Waals surface area (Å²) in [6.45, 7) is 10.0. The highest BCUT2D eigenvalue weighted by Gasteiger charge is 2.29. The summed E-state index contributed by atoms with van der Waals surface area (Å²) in [6, 6.07) is 0.364. The molecule has 86 valence electrons. The Morgan fingerprint density at radius 1 is 1.60 bits per heavy atom. The van der Waals surface area contributed by atoms with Crippen molar-refractivity contribution in [2.24, 2.45) is 5.92 Å². The Hall–Kier alpha value is -0.830. The molecule has 2 unspecified atom stereocenters. The maximum absolute atomic E-state index is 10.8. The summed E-state index contributed by atoms with van der Waals surface area (Å²) in [4.78, 5) is 13.2. The van der Waals surface area contributed by atoms with Gasteiger partial charge in [0.15, 0.2) is 0 Å². The van der Waals surface area contributed by atoms with Crippen molar-refractivity contribution in [2.75, 3.05) is 13.1 Å². The summed E-state index contributed by atoms with van der Waals surface area (Å²) in [7, 11) is 0. The Balaban J connectivity index is 2.45. The van der Waals surface area contributed by atoms with Crippen molar-refractivity contribution in [3.8, 4) is 0 Å². The molecular formula is C12H21NO2. The molecule has 2 atom stereocenters. The van der Waals surface area contributed by atoms with Crippen molar-refractivity contribution in [2.45, 2.75) is 39.2 Å². The second-order valence-electron chi connectivity index (χ2n) is 4.48. The molecule has 1 aliphatic rings. The van der Waals surface area contributed by atoms with Crippen LogP contribution in [0.3, 0.4) is 0 Å². The van der Waals surface area contributed by atoms with Crippen molar-refractivity contribution in [1.82, 2.24) is 4.90 Å². The number of likely N-dealkylation sites (tertiary alicyclic amines) is 1. The van der Waals surface area contributed by atoms with Crippen LogP contribution in [0.4, 0.5) is 0 Å². The zero-order valence-electron chi connectivity index (χ0n) is 9.70. The van der Waals surface area contributed by atoms with Crippen LogP contribution in [0, 0.1) is 5.92 Å². The van der Waals surface area contributed by atoms with Crippen LogP contribution in [-0.2, 0) is 4.79 Å². The summed E-state index contributed by atoms with van der Waals surface area (Å²) in [5.41, 5.74) is 1.23. The van der Waals surface area contributed by atoms with Crippen molar-refractivity contribution < 1.29 is 9.90 Å². The lowest BCUT2D eigenvalue weighted by molar-refractivity contribution is -0.144. The lowest BCUT2D eigenvalue weighted by atomic mass is 9.91. The third kappa shape index (κ3) is 3.34. The lowest BCUT2D eigenvalue weighted by Crippen LogP contribution is -2.43. The molecule has 15 heavy (non-hydrogen) atoms. The standard InChI is InChI=1S/C12H21NO2/c1-4-9(2)8-13-6-5-11(12(14)15)7-10(13)3/h10-11H,2,4-8H2,1,3H3,(H,14,15). The highest BCUT2D eigenvalue weighted by atomic mass is 16.4. The van der Waals surface area contributed by atoms with E-state index in [4.69, 9.17) is 5.11 Å². The Labute approximate surface area is 91.8 Å². The first-order chi connectivity index (χ1) is 7.04. The van der Waals surface area contributed by atoms with Gasteiger partial charge in [-0.15, -0.1) is 0 Å². The van der Waals surface area contributed by atoms with Crippen molar-refractivity contribution in [3.63, 3.8) is 0 Å². The van der Waals surface area contributed by atoms with Gasteiger partial charge >= 0.3 is 5.97 Å². The van der Waals surface area contributed by atoms with Crippen molar-refractivity contribution in [3.05, 3.63) is 12.2 Å². The second kappa shape index (κ2) is 5.31. The fourth-order valence-electron chi connectivity index (χ4n) is 2.08. The Morgan fingerprint density at radius 3 is 2.73 bits per heavy atom. The molecule has 0 saturated carbocycles. The number of carboxylic acid groups (broad SMARTS) is 1. The van der Waals surface area contributed by atoms with Crippen LogP contribution in [0.5, 0.6) is 0 Å². The molecule has 0 aliphatic carbocycles. The van der Waals surface area contributed by atoms with E-state index in [1.165, 1.54) is 5.57 Å². The van der Waals surface area contributed by atoms with E-state index in [1.54, 1.807) is 0 Å². The highest BCUT2D eigenvalue weighted by Crippen LogP contribution is 2.23. The van der Waals surface area contributed by atoms with Gasteiger partial charge in [-0.25, -0.2) is 0 Å². The van der Waals surface area contributed by atoms with E-state index in [9.17, 15) is 4.79 Å². The Bertz CT molecular complexity index is 250. The predicted molar refractivity (Wildman–Crippen MR) is 60.8 cm³/mol. The van der Waals surface area contributed by atoms with E-state index in [0.717, 1.165) is 32.4 Å². The van der Waals surface area contributed by atoms with Gasteiger partial charge in [0, 0.05) is 12.6 Å². The largest absolute Gasteiger partial charge is 0.481 e. The minimum absolute atomic E-state index is 0.147. The summed E-state index contributed by atoms with van der Waals surface area (Å²) >= 11 is 0. The predicted octanol–water partition coefficient (Wildman–Crippen LogP) is 2.14. The van der Waals surface area contributed by atoms with E-state index in [1.807, 2.05) is 0 Å². The van der Waals surface area contributed by atoms with Gasteiger partial charge in [0.1, 0.15) is 0 Å². The topological polar surface area (TPSA) is 40.5 Å². The van der Waals surface area contributed by atoms with Gasteiger partial charge in [0.2, 0.25) is 0 Å². The third-order valence-corrected chi connectivity index (χ3v) is 3.29. The van der Waals surface area contributed by atoms with E-state index in [2.05, 4.69) is 25.3 Å². The van der Waals surface area contributed by atoms with Gasteiger partial charge in [-0.2, -0.15) is 0 Å². The maximum Gasteiger partial charge on any atom is 0.306 e. The van der Waals surface area contributed by atoms with Gasteiger partial charge < -0.3 is 5.11 Å². The number of hydrogen-bond acceptors (Lipinski definition) is 2. The number of piperidine rings is 1. The molecule has 0 aromatic heterocycles. The molecule has 1 aliphatic heterocycles. The normalized spacial score (nSPS) is 27.6. The second-order valence-corrected chi connectivity index (χ2v) is 4.48. The number of hydrogen-bond donors (Lipinski definition) is 1. The van der Waals surface area contributed by atoms with Crippen LogP contribution in [-0.4, -0.2) is 35.1 Å². The minimum Gasteiger partial charge on any atom is -0.481 e. The fraction of sp³-hybridized carbons (Fsp3) is 0.750. The molecule has 1 saturated heterocycles. The van der Waals surface area contributed by atoms with Crippen LogP contribution in [0.15, 0.2) is 12.2 Å². The number of aliphatic carboxylic acids is 1. The zero-order valence-corrected chi connectivity index (χ0v) is 9.70. The van der Waals surface area contributed by atoms with Crippen LogP contribution in [0.25, 0.3) is 0 Å². The molecular weight excluding hydrogens is 190 g/mol. The SMILES string of the molecule is C=C(CC)CN1CCC(C(=O)O)CC1C. The van der Waals surface area contributed by atoms with E-state index in [-0.39, 0.29) is 5.92 Å². The molecule has 0 spiro atoms. The van der Waals surface area contributed by atoms with E-state index < -0.39 is 5.97 Å². The van der Waals surface area contributed by atoms with Crippen molar-refractivity contribution >= 4 is 5.97 Å². The molecule has 1 fully saturated rings. The van der Waals surface area contributed by atoms with Gasteiger partial charge in [-0.1, -0.05) is 19.1 Å². The lowest BCUT2D eigenvalue weighted by Gasteiger charge is -2.36. The molecule has 3 heteroatoms. The molecule has 0 bridgehead atoms. The molecule has 3 nitrogen and oxygen atoms in total. The summed E-state index contributed by atoms with van der Waals surface area (Å²) in [6.07, 6.45) is 2.55. The first-order valence-electron chi connectivity index (χ1n) is 5.68. The number of carbonyl (C=O) groups is 1. The number of carboxylic acids is 1. The van der Waals surface area contributed by atoms with Crippen molar-refractivity contribution in [1.29, 1.82) is 0 Å². The monoisotopic (exact) mass is 211 g/mol. The number of rotatable bonds is 4. The Kier molecular flexibility index (Phi) is 4.33. The fourth-order valence-corrected chi connectivity index (χ4v) is 2.08. The Morgan fingerprint density at radius 2 is 2.27 bits per heavy atom. The smallest absolute Gasteiger partial charge is 0.306 e. The molecule has 0 radical (unpaired) electrons. The molecule has 0 aromatic rings. The minimum atomic E-state index is -0.643. The summed E-state index contributed by atoms with van der Waals surface area (Å²) in [5.74, 6) is -0.790. The average molecular weight is 211 g/mol. The first-order valence-corrected chi connectivity index (χ1v) is 5.68. The van der Waals surface area contributed by atoms with Crippen LogP contribution in [0.2, 0.25) is 0 Å². The van der Waals surface area contributed by atoms with Gasteiger partial charge in [-0.05, 0) is 32.7 Å². The first kappa shape index (κ1) is 12.2. The third-order valence-electron chi connectivity index (χ3n) is 3.29. The zero-order chi connectivity index (χ0) is 11.4. The van der Waals surface area contributed by atoms with Gasteiger partial charge in [0.25, 0.3) is 0 Å². The van der Waals surface area contributed by atoms with Crippen LogP contribution >= 0.6 is 0 Å².